The molecule has 0 saturated carbocycles. The van der Waals surface area contributed by atoms with Crippen molar-refractivity contribution in [1.82, 2.24) is 19.2 Å². The Kier molecular flexibility index (Phi) is 5.59. The third kappa shape index (κ3) is 4.02. The van der Waals surface area contributed by atoms with Crippen LogP contribution in [0.2, 0.25) is 0 Å². The summed E-state index contributed by atoms with van der Waals surface area (Å²) >= 11 is 3.48. The lowest BCUT2D eigenvalue weighted by atomic mass is 10.2. The van der Waals surface area contributed by atoms with Crippen molar-refractivity contribution in [1.29, 1.82) is 0 Å². The van der Waals surface area contributed by atoms with E-state index in [9.17, 15) is 4.79 Å². The van der Waals surface area contributed by atoms with Gasteiger partial charge in [0.2, 0.25) is 11.7 Å². The first-order chi connectivity index (χ1) is 15.2. The van der Waals surface area contributed by atoms with E-state index in [2.05, 4.69) is 50.1 Å². The van der Waals surface area contributed by atoms with E-state index in [0.717, 1.165) is 47.4 Å². The molecule has 2 aromatic carbocycles. The lowest BCUT2D eigenvalue weighted by Crippen LogP contribution is -2.26. The van der Waals surface area contributed by atoms with Crippen LogP contribution in [0.15, 0.2) is 63.9 Å². The monoisotopic (exact) mass is 477 g/mol. The maximum Gasteiger partial charge on any atom is 0.282 e. The predicted molar refractivity (Wildman–Crippen MR) is 129 cm³/mol. The maximum atomic E-state index is 12.8. The van der Waals surface area contributed by atoms with Crippen LogP contribution in [0, 0.1) is 0 Å². The van der Waals surface area contributed by atoms with Crippen molar-refractivity contribution in [2.24, 2.45) is 0 Å². The van der Waals surface area contributed by atoms with E-state index in [-0.39, 0.29) is 5.56 Å². The Morgan fingerprint density at radius 1 is 1.00 bits per heavy atom. The normalized spacial score (nSPS) is 15.2. The highest BCUT2D eigenvalue weighted by atomic mass is 79.9. The van der Waals surface area contributed by atoms with Crippen molar-refractivity contribution in [2.75, 3.05) is 18.0 Å². The van der Waals surface area contributed by atoms with Crippen molar-refractivity contribution < 1.29 is 0 Å². The van der Waals surface area contributed by atoms with E-state index in [1.165, 1.54) is 12.8 Å². The number of halogens is 1. The molecule has 0 N–H and O–H groups in total. The number of allylic oxidation sites excluding steroid dienone is 1. The number of hydrogen-bond donors (Lipinski definition) is 0. The summed E-state index contributed by atoms with van der Waals surface area (Å²) in [5, 5.41) is 5.54. The van der Waals surface area contributed by atoms with Gasteiger partial charge in [0.15, 0.2) is 0 Å². The van der Waals surface area contributed by atoms with Crippen LogP contribution in [0.3, 0.4) is 0 Å². The van der Waals surface area contributed by atoms with Crippen molar-refractivity contribution in [3.63, 3.8) is 0 Å². The fraction of sp³-hybridized carbons (Fsp3) is 0.292. The Labute approximate surface area is 189 Å². The molecule has 1 saturated heterocycles. The molecule has 31 heavy (non-hydrogen) atoms. The Hall–Kier alpha value is -2.93. The molecule has 0 bridgehead atoms. The van der Waals surface area contributed by atoms with Crippen LogP contribution >= 0.6 is 15.9 Å². The SMILES string of the molecule is O=c1nc2n(CC=Cc3ccccc3)nc(N3CCCCCC3)n2c2ccc(Br)cc12. The second-order valence-corrected chi connectivity index (χ2v) is 8.83. The number of anilines is 1. The third-order valence-corrected chi connectivity index (χ3v) is 6.24. The smallest absolute Gasteiger partial charge is 0.282 e. The summed E-state index contributed by atoms with van der Waals surface area (Å²) in [5.41, 5.74) is 1.75. The Bertz CT molecular complexity index is 1300. The molecule has 1 aliphatic heterocycles. The van der Waals surface area contributed by atoms with E-state index in [4.69, 9.17) is 5.10 Å². The van der Waals surface area contributed by atoms with Gasteiger partial charge in [-0.05, 0) is 36.6 Å². The quantitative estimate of drug-likeness (QED) is 0.419. The number of aromatic nitrogens is 4. The summed E-state index contributed by atoms with van der Waals surface area (Å²) < 4.78 is 4.75. The van der Waals surface area contributed by atoms with Crippen molar-refractivity contribution in [3.05, 3.63) is 75.0 Å². The molecule has 6 nitrogen and oxygen atoms in total. The van der Waals surface area contributed by atoms with Gasteiger partial charge in [0.1, 0.15) is 0 Å². The molecular weight excluding hydrogens is 454 g/mol. The van der Waals surface area contributed by atoms with Gasteiger partial charge in [-0.25, -0.2) is 9.08 Å². The second-order valence-electron chi connectivity index (χ2n) is 7.91. The van der Waals surface area contributed by atoms with Crippen LogP contribution in [-0.2, 0) is 6.54 Å². The first-order valence-electron chi connectivity index (χ1n) is 10.8. The fourth-order valence-electron chi connectivity index (χ4n) is 4.20. The number of fused-ring (bicyclic) bond motifs is 3. The molecule has 0 atom stereocenters. The van der Waals surface area contributed by atoms with E-state index in [0.29, 0.717) is 17.7 Å². The molecular formula is C24H24BrN5O. The Balaban J connectivity index is 1.65. The molecule has 3 heterocycles. The lowest BCUT2D eigenvalue weighted by Gasteiger charge is -2.20. The largest absolute Gasteiger partial charge is 0.341 e. The molecule has 0 unspecified atom stereocenters. The summed E-state index contributed by atoms with van der Waals surface area (Å²) in [4.78, 5) is 19.6. The number of benzene rings is 2. The van der Waals surface area contributed by atoms with Crippen LogP contribution in [0.25, 0.3) is 22.8 Å². The van der Waals surface area contributed by atoms with Crippen LogP contribution in [0.1, 0.15) is 31.2 Å². The molecule has 0 amide bonds. The van der Waals surface area contributed by atoms with Crippen molar-refractivity contribution in [3.8, 4) is 0 Å². The standard InChI is InChI=1S/C24H24BrN5O/c25-19-12-13-21-20(17-19)22(31)26-23-29(16-8-11-18-9-4-3-5-10-18)27-24(30(21)23)28-14-6-1-2-7-15-28/h3-5,8-13,17H,1-2,6-7,14-16H2. The van der Waals surface area contributed by atoms with Gasteiger partial charge in [-0.3, -0.25) is 4.79 Å². The first kappa shape index (κ1) is 20.0. The average molecular weight is 478 g/mol. The zero-order valence-electron chi connectivity index (χ0n) is 17.2. The van der Waals surface area contributed by atoms with E-state index in [1.54, 1.807) is 0 Å². The molecule has 7 heteroatoms. The Morgan fingerprint density at radius 2 is 1.77 bits per heavy atom. The van der Waals surface area contributed by atoms with Crippen LogP contribution in [0.5, 0.6) is 0 Å². The molecule has 0 aliphatic carbocycles. The average Bonchev–Trinajstić information content (AvgIpc) is 2.95. The van der Waals surface area contributed by atoms with Gasteiger partial charge in [0.25, 0.3) is 5.56 Å². The van der Waals surface area contributed by atoms with E-state index >= 15 is 0 Å². The van der Waals surface area contributed by atoms with Gasteiger partial charge < -0.3 is 4.90 Å². The number of nitrogens with zero attached hydrogens (tertiary/aromatic N) is 5. The third-order valence-electron chi connectivity index (χ3n) is 5.75. The zero-order valence-corrected chi connectivity index (χ0v) is 18.8. The second kappa shape index (κ2) is 8.67. The number of hydrogen-bond acceptors (Lipinski definition) is 4. The minimum Gasteiger partial charge on any atom is -0.341 e. The molecule has 1 aliphatic rings. The van der Waals surface area contributed by atoms with Gasteiger partial charge in [0, 0.05) is 17.6 Å². The summed E-state index contributed by atoms with van der Waals surface area (Å²) in [6.45, 7) is 2.48. The summed E-state index contributed by atoms with van der Waals surface area (Å²) in [6.07, 6.45) is 8.93. The van der Waals surface area contributed by atoms with Gasteiger partial charge in [0.05, 0.1) is 17.4 Å². The Morgan fingerprint density at radius 3 is 2.55 bits per heavy atom. The summed E-state index contributed by atoms with van der Waals surface area (Å²) in [5.74, 6) is 1.45. The predicted octanol–water partition coefficient (Wildman–Crippen LogP) is 4.90. The minimum atomic E-state index is -0.230. The van der Waals surface area contributed by atoms with Crippen LogP contribution in [0.4, 0.5) is 5.95 Å². The summed E-state index contributed by atoms with van der Waals surface area (Å²) in [6, 6.07) is 16.0. The molecule has 1 fully saturated rings. The van der Waals surface area contributed by atoms with Crippen LogP contribution < -0.4 is 10.5 Å². The van der Waals surface area contributed by atoms with Gasteiger partial charge in [-0.1, -0.05) is 71.3 Å². The lowest BCUT2D eigenvalue weighted by molar-refractivity contribution is 0.697. The fourth-order valence-corrected chi connectivity index (χ4v) is 4.56. The topological polar surface area (TPSA) is 55.4 Å². The molecule has 0 radical (unpaired) electrons. The van der Waals surface area contributed by atoms with Gasteiger partial charge in [-0.2, -0.15) is 4.98 Å². The first-order valence-corrected chi connectivity index (χ1v) is 11.6. The van der Waals surface area contributed by atoms with Gasteiger partial charge in [-0.15, -0.1) is 5.10 Å². The molecule has 158 valence electrons. The van der Waals surface area contributed by atoms with Gasteiger partial charge >= 0.3 is 0 Å². The van der Waals surface area contributed by atoms with Crippen molar-refractivity contribution >= 4 is 44.6 Å². The van der Waals surface area contributed by atoms with E-state index < -0.39 is 0 Å². The zero-order chi connectivity index (χ0) is 21.2. The minimum absolute atomic E-state index is 0.230. The molecule has 0 spiro atoms. The van der Waals surface area contributed by atoms with Crippen LogP contribution in [-0.4, -0.2) is 32.3 Å². The highest BCUT2D eigenvalue weighted by Gasteiger charge is 2.21. The van der Waals surface area contributed by atoms with E-state index in [1.807, 2.05) is 45.5 Å². The summed E-state index contributed by atoms with van der Waals surface area (Å²) in [7, 11) is 0. The molecule has 5 rings (SSSR count). The highest BCUT2D eigenvalue weighted by molar-refractivity contribution is 9.10. The molecule has 2 aromatic heterocycles. The maximum absolute atomic E-state index is 12.8. The van der Waals surface area contributed by atoms with Crippen molar-refractivity contribution in [2.45, 2.75) is 32.2 Å². The molecule has 4 aromatic rings. The number of rotatable bonds is 4. The highest BCUT2D eigenvalue weighted by Crippen LogP contribution is 2.25.